The molecule has 0 amide bonds. The van der Waals surface area contributed by atoms with Gasteiger partial charge >= 0.3 is 5.97 Å². The average molecular weight is 196 g/mol. The summed E-state index contributed by atoms with van der Waals surface area (Å²) >= 11 is 0. The van der Waals surface area contributed by atoms with E-state index in [4.69, 9.17) is 0 Å². The molecular weight excluding hydrogens is 176 g/mol. The van der Waals surface area contributed by atoms with Gasteiger partial charge < -0.3 is 5.11 Å². The molecule has 0 heterocycles. The van der Waals surface area contributed by atoms with Gasteiger partial charge in [-0.25, -0.2) is 0 Å². The first-order valence-electron chi connectivity index (χ1n) is 5.19. The van der Waals surface area contributed by atoms with Gasteiger partial charge in [0.2, 0.25) is 0 Å². The van der Waals surface area contributed by atoms with Crippen molar-refractivity contribution in [1.82, 2.24) is 0 Å². The Labute approximate surface area is 86.0 Å². The number of carboxylic acid groups (broad SMARTS) is 1. The van der Waals surface area contributed by atoms with Crippen molar-refractivity contribution in [2.75, 3.05) is 0 Å². The highest BCUT2D eigenvalue weighted by molar-refractivity contribution is 5.81. The van der Waals surface area contributed by atoms with Gasteiger partial charge in [0, 0.05) is 0 Å². The van der Waals surface area contributed by atoms with Crippen molar-refractivity contribution in [3.63, 3.8) is 0 Å². The monoisotopic (exact) mass is 196 g/mol. The Balaban J connectivity index is 3.03. The summed E-state index contributed by atoms with van der Waals surface area (Å²) in [6, 6.07) is 0. The Morgan fingerprint density at radius 2 is 1.93 bits per heavy atom. The Kier molecular flexibility index (Phi) is 2.51. The van der Waals surface area contributed by atoms with Crippen LogP contribution in [0, 0.1) is 16.7 Å². The third-order valence-corrected chi connectivity index (χ3v) is 3.81. The van der Waals surface area contributed by atoms with Crippen molar-refractivity contribution >= 4 is 5.97 Å². The number of carboxylic acids is 1. The zero-order valence-corrected chi connectivity index (χ0v) is 9.72. The predicted molar refractivity (Wildman–Crippen MR) is 57.1 cm³/mol. The highest BCUT2D eigenvalue weighted by Gasteiger charge is 2.73. The van der Waals surface area contributed by atoms with Gasteiger partial charge in [-0.1, -0.05) is 32.4 Å². The van der Waals surface area contributed by atoms with Crippen LogP contribution >= 0.6 is 0 Å². The highest BCUT2D eigenvalue weighted by atomic mass is 16.4. The summed E-state index contributed by atoms with van der Waals surface area (Å²) < 4.78 is 0. The lowest BCUT2D eigenvalue weighted by Gasteiger charge is -2.11. The third-order valence-electron chi connectivity index (χ3n) is 3.81. The van der Waals surface area contributed by atoms with Gasteiger partial charge in [0.05, 0.1) is 5.41 Å². The van der Waals surface area contributed by atoms with Crippen molar-refractivity contribution in [2.24, 2.45) is 16.7 Å². The van der Waals surface area contributed by atoms with Crippen LogP contribution in [0.4, 0.5) is 0 Å². The lowest BCUT2D eigenvalue weighted by molar-refractivity contribution is -0.145. The van der Waals surface area contributed by atoms with E-state index >= 15 is 0 Å². The second kappa shape index (κ2) is 3.11. The number of rotatable bonds is 3. The second-order valence-electron chi connectivity index (χ2n) is 5.07. The van der Waals surface area contributed by atoms with E-state index in [1.54, 1.807) is 0 Å². The lowest BCUT2D eigenvalue weighted by atomic mass is 9.93. The second-order valence-corrected chi connectivity index (χ2v) is 5.07. The van der Waals surface area contributed by atoms with Gasteiger partial charge in [-0.3, -0.25) is 4.79 Å². The average Bonchev–Trinajstić information content (AvgIpc) is 2.48. The minimum atomic E-state index is -0.646. The van der Waals surface area contributed by atoms with E-state index in [2.05, 4.69) is 19.9 Å². The van der Waals surface area contributed by atoms with E-state index in [1.807, 2.05) is 20.8 Å². The summed E-state index contributed by atoms with van der Waals surface area (Å²) in [6.45, 7) is 10.1. The molecule has 14 heavy (non-hydrogen) atoms. The number of carbonyl (C=O) groups is 1. The lowest BCUT2D eigenvalue weighted by Crippen LogP contribution is -2.20. The van der Waals surface area contributed by atoms with Gasteiger partial charge in [-0.05, 0) is 31.6 Å². The van der Waals surface area contributed by atoms with Crippen molar-refractivity contribution in [3.05, 3.63) is 11.6 Å². The molecule has 0 bridgehead atoms. The molecule has 1 aliphatic rings. The fraction of sp³-hybridized carbons (Fsp3) is 0.750. The molecule has 2 nitrogen and oxygen atoms in total. The summed E-state index contributed by atoms with van der Waals surface area (Å²) in [5, 5.41) is 9.29. The largest absolute Gasteiger partial charge is 0.481 e. The molecule has 0 saturated heterocycles. The van der Waals surface area contributed by atoms with E-state index in [-0.39, 0.29) is 11.3 Å². The maximum Gasteiger partial charge on any atom is 0.310 e. The molecule has 0 spiro atoms. The zero-order valence-electron chi connectivity index (χ0n) is 9.72. The topological polar surface area (TPSA) is 37.3 Å². The van der Waals surface area contributed by atoms with Crippen LogP contribution in [0.5, 0.6) is 0 Å². The van der Waals surface area contributed by atoms with E-state index in [9.17, 15) is 9.90 Å². The maximum absolute atomic E-state index is 11.3. The molecule has 1 fully saturated rings. The van der Waals surface area contributed by atoms with Crippen molar-refractivity contribution < 1.29 is 9.90 Å². The Morgan fingerprint density at radius 3 is 2.14 bits per heavy atom. The van der Waals surface area contributed by atoms with Crippen LogP contribution in [-0.2, 0) is 4.79 Å². The summed E-state index contributed by atoms with van der Waals surface area (Å²) in [6.07, 6.45) is 2.82. The fourth-order valence-electron chi connectivity index (χ4n) is 2.81. The van der Waals surface area contributed by atoms with Gasteiger partial charge in [-0.15, -0.1) is 0 Å². The molecule has 0 aromatic heterocycles. The van der Waals surface area contributed by atoms with Crippen molar-refractivity contribution in [3.8, 4) is 0 Å². The number of aliphatic carboxylic acids is 1. The Morgan fingerprint density at radius 1 is 1.43 bits per heavy atom. The molecule has 2 atom stereocenters. The quantitative estimate of drug-likeness (QED) is 0.704. The van der Waals surface area contributed by atoms with E-state index in [0.29, 0.717) is 6.42 Å². The minimum absolute atomic E-state index is 0.0924. The van der Waals surface area contributed by atoms with Crippen LogP contribution in [0.25, 0.3) is 0 Å². The number of hydrogen-bond donors (Lipinski definition) is 1. The Bertz CT molecular complexity index is 285. The predicted octanol–water partition coefficient (Wildman–Crippen LogP) is 3.09. The molecule has 0 aromatic carbocycles. The first-order chi connectivity index (χ1) is 6.30. The first kappa shape index (κ1) is 11.3. The molecule has 1 rings (SSSR count). The van der Waals surface area contributed by atoms with Gasteiger partial charge in [-0.2, -0.15) is 0 Å². The summed E-state index contributed by atoms with van der Waals surface area (Å²) in [4.78, 5) is 11.3. The van der Waals surface area contributed by atoms with Crippen LogP contribution in [0.2, 0.25) is 0 Å². The van der Waals surface area contributed by atoms with Gasteiger partial charge in [0.15, 0.2) is 0 Å². The normalized spacial score (nSPS) is 33.6. The molecule has 0 aromatic rings. The molecular formula is C12H20O2. The summed E-state index contributed by atoms with van der Waals surface area (Å²) in [5.41, 5.74) is 0.592. The SMILES string of the molecule is CC[C@]1(C(=O)O)[C@H](C=C(C)C)C1(C)C. The molecule has 1 saturated carbocycles. The minimum Gasteiger partial charge on any atom is -0.481 e. The van der Waals surface area contributed by atoms with Crippen molar-refractivity contribution in [1.29, 1.82) is 0 Å². The van der Waals surface area contributed by atoms with E-state index in [1.165, 1.54) is 5.57 Å². The first-order valence-corrected chi connectivity index (χ1v) is 5.19. The van der Waals surface area contributed by atoms with E-state index < -0.39 is 11.4 Å². The summed E-state index contributed by atoms with van der Waals surface area (Å²) in [5.74, 6) is -0.449. The molecule has 0 unspecified atom stereocenters. The van der Waals surface area contributed by atoms with E-state index in [0.717, 1.165) is 0 Å². The molecule has 80 valence electrons. The molecule has 1 N–H and O–H groups in total. The Hall–Kier alpha value is -0.790. The summed E-state index contributed by atoms with van der Waals surface area (Å²) in [7, 11) is 0. The van der Waals surface area contributed by atoms with Crippen LogP contribution < -0.4 is 0 Å². The third kappa shape index (κ3) is 1.20. The van der Waals surface area contributed by atoms with Gasteiger partial charge in [0.1, 0.15) is 0 Å². The van der Waals surface area contributed by atoms with Crippen LogP contribution in [0.15, 0.2) is 11.6 Å². The molecule has 2 heteroatoms. The number of hydrogen-bond acceptors (Lipinski definition) is 1. The molecule has 0 radical (unpaired) electrons. The molecule has 1 aliphatic carbocycles. The van der Waals surface area contributed by atoms with Crippen molar-refractivity contribution in [2.45, 2.75) is 41.0 Å². The maximum atomic E-state index is 11.3. The number of allylic oxidation sites excluding steroid dienone is 2. The van der Waals surface area contributed by atoms with Gasteiger partial charge in [0.25, 0.3) is 0 Å². The van der Waals surface area contributed by atoms with Crippen LogP contribution in [-0.4, -0.2) is 11.1 Å². The standard InChI is InChI=1S/C12H20O2/c1-6-12(10(13)14)9(7-8(2)3)11(12,4)5/h7,9H,6H2,1-5H3,(H,13,14)/t9-,12-/m1/s1. The van der Waals surface area contributed by atoms with Crippen LogP contribution in [0.3, 0.4) is 0 Å². The smallest absolute Gasteiger partial charge is 0.310 e. The van der Waals surface area contributed by atoms with Crippen LogP contribution in [0.1, 0.15) is 41.0 Å². The fourth-order valence-corrected chi connectivity index (χ4v) is 2.81. The molecule has 0 aliphatic heterocycles. The highest BCUT2D eigenvalue weighted by Crippen LogP contribution is 2.71. The zero-order chi connectivity index (χ0) is 11.1.